The molecule has 4 aromatic rings. The van der Waals surface area contributed by atoms with E-state index in [1.165, 1.54) is 0 Å². The number of nitrogens with zero attached hydrogens (tertiary/aromatic N) is 5. The van der Waals surface area contributed by atoms with E-state index in [2.05, 4.69) is 25.1 Å². The van der Waals surface area contributed by atoms with Crippen molar-refractivity contribution < 1.29 is 4.42 Å². The summed E-state index contributed by atoms with van der Waals surface area (Å²) in [6.45, 7) is 0. The van der Waals surface area contributed by atoms with Gasteiger partial charge in [-0.25, -0.2) is 4.98 Å². The molecule has 0 unspecified atom stereocenters. The van der Waals surface area contributed by atoms with Crippen LogP contribution >= 0.6 is 0 Å². The van der Waals surface area contributed by atoms with Gasteiger partial charge >= 0.3 is 6.01 Å². The van der Waals surface area contributed by atoms with Crippen molar-refractivity contribution in [1.29, 1.82) is 0 Å². The van der Waals surface area contributed by atoms with Crippen molar-refractivity contribution in [2.45, 2.75) is 0 Å². The van der Waals surface area contributed by atoms with Crippen molar-refractivity contribution in [2.75, 3.05) is 11.9 Å². The van der Waals surface area contributed by atoms with E-state index >= 15 is 0 Å². The van der Waals surface area contributed by atoms with Crippen LogP contribution in [0, 0.1) is 0 Å². The molecular formula is C15H12N6O. The van der Waals surface area contributed by atoms with Crippen LogP contribution in [-0.4, -0.2) is 32.2 Å². The van der Waals surface area contributed by atoms with Crippen molar-refractivity contribution in [2.24, 2.45) is 0 Å². The Bertz CT molecular complexity index is 914. The molecule has 7 nitrogen and oxygen atoms in total. The topological polar surface area (TPSA) is 83.7 Å². The van der Waals surface area contributed by atoms with Crippen molar-refractivity contribution in [3.63, 3.8) is 0 Å². The van der Waals surface area contributed by atoms with Crippen molar-refractivity contribution in [1.82, 2.24) is 25.1 Å². The number of aromatic nitrogens is 5. The van der Waals surface area contributed by atoms with E-state index in [4.69, 9.17) is 4.42 Å². The fraction of sp³-hybridized carbons (Fsp3) is 0.0667. The van der Waals surface area contributed by atoms with E-state index in [-0.39, 0.29) is 0 Å². The Labute approximate surface area is 125 Å². The van der Waals surface area contributed by atoms with Gasteiger partial charge in [0.2, 0.25) is 0 Å². The third-order valence-corrected chi connectivity index (χ3v) is 3.42. The third kappa shape index (κ3) is 1.99. The van der Waals surface area contributed by atoms with Crippen LogP contribution in [0.1, 0.15) is 0 Å². The van der Waals surface area contributed by atoms with Crippen LogP contribution in [0.5, 0.6) is 0 Å². The quantitative estimate of drug-likeness (QED) is 0.625. The standard InChI is InChI=1S/C15H12N6O/c1-21(10-4-2-6-16-8-10)15-20-19-14(22-15)12-9-18-13-11(12)5-3-7-17-13/h2-9H,1H3,(H,17,18). The Balaban J connectivity index is 1.73. The van der Waals surface area contributed by atoms with Crippen molar-refractivity contribution in [3.8, 4) is 11.5 Å². The summed E-state index contributed by atoms with van der Waals surface area (Å²) in [5, 5.41) is 9.18. The molecule has 1 N–H and O–H groups in total. The first-order valence-electron chi connectivity index (χ1n) is 6.72. The van der Waals surface area contributed by atoms with Crippen LogP contribution < -0.4 is 4.90 Å². The first kappa shape index (κ1) is 12.5. The molecule has 22 heavy (non-hydrogen) atoms. The van der Waals surface area contributed by atoms with E-state index in [0.29, 0.717) is 11.9 Å². The van der Waals surface area contributed by atoms with E-state index in [0.717, 1.165) is 22.3 Å². The lowest BCUT2D eigenvalue weighted by Crippen LogP contribution is -2.09. The van der Waals surface area contributed by atoms with Gasteiger partial charge in [0.15, 0.2) is 0 Å². The molecule has 0 aliphatic carbocycles. The number of nitrogens with one attached hydrogen (secondary N) is 1. The summed E-state index contributed by atoms with van der Waals surface area (Å²) >= 11 is 0. The average Bonchev–Trinajstić information content (AvgIpc) is 3.21. The molecule has 0 aromatic carbocycles. The van der Waals surface area contributed by atoms with Crippen LogP contribution in [0.15, 0.2) is 53.5 Å². The normalized spacial score (nSPS) is 11.0. The van der Waals surface area contributed by atoms with E-state index < -0.39 is 0 Å². The molecule has 0 atom stereocenters. The SMILES string of the molecule is CN(c1cccnc1)c1nnc(-c2c[nH]c3ncccc23)o1. The molecule has 0 amide bonds. The average molecular weight is 292 g/mol. The second-order valence-corrected chi connectivity index (χ2v) is 4.76. The first-order valence-corrected chi connectivity index (χ1v) is 6.72. The maximum atomic E-state index is 5.78. The lowest BCUT2D eigenvalue weighted by molar-refractivity contribution is 0.572. The predicted molar refractivity (Wildman–Crippen MR) is 81.7 cm³/mol. The summed E-state index contributed by atoms with van der Waals surface area (Å²) in [5.74, 6) is 0.449. The number of hydrogen-bond donors (Lipinski definition) is 1. The number of pyridine rings is 2. The molecule has 0 aliphatic rings. The van der Waals surface area contributed by atoms with Crippen LogP contribution in [0.2, 0.25) is 0 Å². The number of aromatic amines is 1. The maximum absolute atomic E-state index is 5.78. The Hall–Kier alpha value is -3.22. The molecule has 4 rings (SSSR count). The van der Waals surface area contributed by atoms with Crippen LogP contribution in [0.25, 0.3) is 22.5 Å². The smallest absolute Gasteiger partial charge is 0.322 e. The highest BCUT2D eigenvalue weighted by molar-refractivity contribution is 5.90. The molecule has 0 aliphatic heterocycles. The second kappa shape index (κ2) is 4.96. The lowest BCUT2D eigenvalue weighted by Gasteiger charge is -2.12. The van der Waals surface area contributed by atoms with Gasteiger partial charge in [0.05, 0.1) is 17.4 Å². The largest absolute Gasteiger partial charge is 0.403 e. The second-order valence-electron chi connectivity index (χ2n) is 4.76. The number of rotatable bonds is 3. The Morgan fingerprint density at radius 3 is 2.91 bits per heavy atom. The molecule has 108 valence electrons. The summed E-state index contributed by atoms with van der Waals surface area (Å²) in [6.07, 6.45) is 7.01. The van der Waals surface area contributed by atoms with Gasteiger partial charge in [0.25, 0.3) is 5.89 Å². The van der Waals surface area contributed by atoms with Crippen LogP contribution in [0.4, 0.5) is 11.7 Å². The zero-order chi connectivity index (χ0) is 14.9. The van der Waals surface area contributed by atoms with Gasteiger partial charge in [-0.15, -0.1) is 5.10 Å². The van der Waals surface area contributed by atoms with Crippen LogP contribution in [-0.2, 0) is 0 Å². The summed E-state index contributed by atoms with van der Waals surface area (Å²) in [6, 6.07) is 8.02. The highest BCUT2D eigenvalue weighted by Gasteiger charge is 2.16. The van der Waals surface area contributed by atoms with Crippen molar-refractivity contribution in [3.05, 3.63) is 49.1 Å². The van der Waals surface area contributed by atoms with Crippen LogP contribution in [0.3, 0.4) is 0 Å². The van der Waals surface area contributed by atoms with E-state index in [1.54, 1.807) is 23.5 Å². The Morgan fingerprint density at radius 2 is 2.05 bits per heavy atom. The third-order valence-electron chi connectivity index (χ3n) is 3.42. The number of anilines is 2. The number of hydrogen-bond acceptors (Lipinski definition) is 6. The number of H-pyrrole nitrogens is 1. The minimum Gasteiger partial charge on any atom is -0.403 e. The zero-order valence-corrected chi connectivity index (χ0v) is 11.8. The van der Waals surface area contributed by atoms with E-state index in [9.17, 15) is 0 Å². The minimum absolute atomic E-state index is 0.404. The summed E-state index contributed by atoms with van der Waals surface area (Å²) < 4.78 is 5.78. The van der Waals surface area contributed by atoms with Crippen molar-refractivity contribution >= 4 is 22.7 Å². The predicted octanol–water partition coefficient (Wildman–Crippen LogP) is 2.78. The molecule has 0 saturated heterocycles. The zero-order valence-electron chi connectivity index (χ0n) is 11.8. The molecule has 0 saturated carbocycles. The highest BCUT2D eigenvalue weighted by Crippen LogP contribution is 2.29. The van der Waals surface area contributed by atoms with Gasteiger partial charge in [-0.2, -0.15) is 0 Å². The van der Waals surface area contributed by atoms with Gasteiger partial charge < -0.3 is 9.40 Å². The van der Waals surface area contributed by atoms with Gasteiger partial charge in [0.1, 0.15) is 5.65 Å². The lowest BCUT2D eigenvalue weighted by atomic mass is 10.2. The van der Waals surface area contributed by atoms with Gasteiger partial charge in [-0.05, 0) is 24.3 Å². The summed E-state index contributed by atoms with van der Waals surface area (Å²) in [4.78, 5) is 13.2. The van der Waals surface area contributed by atoms with E-state index in [1.807, 2.05) is 37.5 Å². The molecule has 4 heterocycles. The Morgan fingerprint density at radius 1 is 1.14 bits per heavy atom. The number of fused-ring (bicyclic) bond motifs is 1. The molecule has 0 bridgehead atoms. The molecule has 7 heteroatoms. The monoisotopic (exact) mass is 292 g/mol. The summed E-state index contributed by atoms with van der Waals surface area (Å²) in [5.41, 5.74) is 2.50. The van der Waals surface area contributed by atoms with Gasteiger partial charge in [0, 0.05) is 31.0 Å². The minimum atomic E-state index is 0.404. The molecule has 0 radical (unpaired) electrons. The summed E-state index contributed by atoms with van der Waals surface area (Å²) in [7, 11) is 1.85. The molecular weight excluding hydrogens is 280 g/mol. The molecule has 0 spiro atoms. The Kier molecular flexibility index (Phi) is 2.82. The fourth-order valence-corrected chi connectivity index (χ4v) is 2.26. The van der Waals surface area contributed by atoms with Gasteiger partial charge in [-0.3, -0.25) is 9.88 Å². The first-order chi connectivity index (χ1) is 10.8. The van der Waals surface area contributed by atoms with Gasteiger partial charge in [-0.1, -0.05) is 5.10 Å². The highest BCUT2D eigenvalue weighted by atomic mass is 16.4. The maximum Gasteiger partial charge on any atom is 0.322 e. The fourth-order valence-electron chi connectivity index (χ4n) is 2.26. The molecule has 4 aromatic heterocycles. The molecule has 0 fully saturated rings.